The van der Waals surface area contributed by atoms with Crippen molar-refractivity contribution in [1.29, 1.82) is 0 Å². The van der Waals surface area contributed by atoms with Gasteiger partial charge in [-0.1, -0.05) is 19.6 Å². The van der Waals surface area contributed by atoms with Gasteiger partial charge in [0.05, 0.1) is 17.2 Å². The van der Waals surface area contributed by atoms with Crippen molar-refractivity contribution < 1.29 is 24.1 Å². The van der Waals surface area contributed by atoms with Gasteiger partial charge in [0.2, 0.25) is 5.88 Å². The molecule has 5 rings (SSSR count). The number of hydrogen-bond acceptors (Lipinski definition) is 9. The largest absolute Gasteiger partial charge is 0.474 e. The number of carbonyl (C=O) groups excluding carboxylic acids is 1. The van der Waals surface area contributed by atoms with Gasteiger partial charge in [-0.2, -0.15) is 5.10 Å². The molecule has 242 valence electrons. The van der Waals surface area contributed by atoms with Crippen LogP contribution in [0.4, 0.5) is 4.79 Å². The van der Waals surface area contributed by atoms with E-state index in [4.69, 9.17) is 14.2 Å². The molecule has 3 aromatic heterocycles. The predicted octanol–water partition coefficient (Wildman–Crippen LogP) is 6.91. The minimum absolute atomic E-state index is 0.0225. The van der Waals surface area contributed by atoms with Crippen LogP contribution in [0.15, 0.2) is 18.6 Å². The maximum absolute atomic E-state index is 12.6. The molecule has 10 nitrogen and oxygen atoms in total. The van der Waals surface area contributed by atoms with Crippen LogP contribution >= 0.6 is 11.3 Å². The standard InChI is InChI=1S/C32H49N5O5SSi/c1-32(2,3)42-31(39)36(4)22-9-11-23(12-10-22)41-29-28-27-21(8-13-26(27)43-30(28)34-19-33-29)18-25(38)24-14-15-37(35-24)20-40-16-17-44(5,6)7/h14-15,19,21-23,25,38H,8-13,16-18,20H2,1-7H3/t21-,22?,23?,25+/m1/s1. The molecule has 2 atom stereocenters. The monoisotopic (exact) mass is 643 g/mol. The smallest absolute Gasteiger partial charge is 0.410 e. The number of amides is 1. The number of aromatic nitrogens is 4. The molecule has 0 radical (unpaired) electrons. The molecule has 44 heavy (non-hydrogen) atoms. The first-order chi connectivity index (χ1) is 20.8. The molecule has 0 spiro atoms. The summed E-state index contributed by atoms with van der Waals surface area (Å²) in [7, 11) is 0.689. The number of rotatable bonds is 11. The fourth-order valence-electron chi connectivity index (χ4n) is 6.11. The third-order valence-corrected chi connectivity index (χ3v) is 11.5. The minimum atomic E-state index is -1.14. The minimum Gasteiger partial charge on any atom is -0.474 e. The molecule has 2 aliphatic carbocycles. The molecule has 12 heteroatoms. The number of aryl methyl sites for hydroxylation is 1. The first-order valence-electron chi connectivity index (χ1n) is 16.0. The van der Waals surface area contributed by atoms with Crippen molar-refractivity contribution in [1.82, 2.24) is 24.6 Å². The number of fused-ring (bicyclic) bond motifs is 3. The zero-order valence-corrected chi connectivity index (χ0v) is 29.2. The van der Waals surface area contributed by atoms with E-state index < -0.39 is 19.8 Å². The van der Waals surface area contributed by atoms with Crippen molar-refractivity contribution in [3.8, 4) is 5.88 Å². The lowest BCUT2D eigenvalue weighted by Crippen LogP contribution is -2.43. The Hall–Kier alpha value is -2.54. The first kappa shape index (κ1) is 32.8. The van der Waals surface area contributed by atoms with Crippen LogP contribution in [-0.4, -0.2) is 75.3 Å². The molecule has 3 aromatic rings. The van der Waals surface area contributed by atoms with Gasteiger partial charge >= 0.3 is 6.09 Å². The Bertz CT molecular complexity index is 1420. The summed E-state index contributed by atoms with van der Waals surface area (Å²) in [5.41, 5.74) is 1.39. The van der Waals surface area contributed by atoms with Crippen molar-refractivity contribution in [2.75, 3.05) is 13.7 Å². The van der Waals surface area contributed by atoms with E-state index >= 15 is 0 Å². The maximum Gasteiger partial charge on any atom is 0.410 e. The van der Waals surface area contributed by atoms with E-state index in [0.29, 0.717) is 24.7 Å². The third kappa shape index (κ3) is 8.18. The highest BCUT2D eigenvalue weighted by Gasteiger charge is 2.34. The van der Waals surface area contributed by atoms with Gasteiger partial charge in [0.25, 0.3) is 0 Å². The first-order valence-corrected chi connectivity index (χ1v) is 20.5. The number of hydrogen-bond donors (Lipinski definition) is 1. The second-order valence-corrected chi connectivity index (χ2v) is 21.3. The number of aliphatic hydroxyl groups excluding tert-OH is 1. The second-order valence-electron chi connectivity index (χ2n) is 14.6. The SMILES string of the molecule is CN(C(=O)OC(C)(C)C)C1CCC(Oc2ncnc3sc4c(c23)[C@@H](C[C@H](O)c2ccn(COCC[Si](C)(C)C)n2)CC4)CC1. The molecule has 0 unspecified atom stereocenters. The van der Waals surface area contributed by atoms with Gasteiger partial charge in [-0.05, 0) is 89.3 Å². The molecule has 2 aliphatic rings. The molecular formula is C32H49N5O5SSi. The van der Waals surface area contributed by atoms with Crippen molar-refractivity contribution in [2.24, 2.45) is 0 Å². The van der Waals surface area contributed by atoms with Gasteiger partial charge in [-0.15, -0.1) is 11.3 Å². The fourth-order valence-corrected chi connectivity index (χ4v) is 8.10. The number of carbonyl (C=O) groups is 1. The molecule has 0 saturated heterocycles. The normalized spacial score (nSPS) is 21.3. The molecule has 1 saturated carbocycles. The summed E-state index contributed by atoms with van der Waals surface area (Å²) >= 11 is 1.71. The summed E-state index contributed by atoms with van der Waals surface area (Å²) in [4.78, 5) is 25.7. The van der Waals surface area contributed by atoms with Gasteiger partial charge in [0.1, 0.15) is 29.6 Å². The summed E-state index contributed by atoms with van der Waals surface area (Å²) in [5.74, 6) is 0.816. The van der Waals surface area contributed by atoms with Crippen molar-refractivity contribution in [2.45, 2.75) is 128 Å². The highest BCUT2D eigenvalue weighted by Crippen LogP contribution is 2.49. The molecule has 0 bridgehead atoms. The molecular weight excluding hydrogens is 595 g/mol. The Balaban J connectivity index is 1.21. The quantitative estimate of drug-likeness (QED) is 0.177. The van der Waals surface area contributed by atoms with E-state index in [-0.39, 0.29) is 24.2 Å². The molecule has 0 aliphatic heterocycles. The van der Waals surface area contributed by atoms with Gasteiger partial charge in [0, 0.05) is 38.8 Å². The number of aliphatic hydroxyl groups is 1. The summed E-state index contributed by atoms with van der Waals surface area (Å²) in [6, 6.07) is 3.14. The van der Waals surface area contributed by atoms with E-state index in [9.17, 15) is 9.90 Å². The molecule has 0 aromatic carbocycles. The van der Waals surface area contributed by atoms with E-state index in [0.717, 1.165) is 61.4 Å². The van der Waals surface area contributed by atoms with E-state index in [1.165, 1.54) is 10.4 Å². The van der Waals surface area contributed by atoms with Crippen molar-refractivity contribution in [3.63, 3.8) is 0 Å². The van der Waals surface area contributed by atoms with Crippen LogP contribution in [0, 0.1) is 0 Å². The van der Waals surface area contributed by atoms with Crippen LogP contribution < -0.4 is 4.74 Å². The summed E-state index contributed by atoms with van der Waals surface area (Å²) < 4.78 is 19.7. The average molecular weight is 644 g/mol. The van der Waals surface area contributed by atoms with Crippen LogP contribution in [0.3, 0.4) is 0 Å². The second kappa shape index (κ2) is 13.4. The summed E-state index contributed by atoms with van der Waals surface area (Å²) in [6.45, 7) is 13.8. The summed E-state index contributed by atoms with van der Waals surface area (Å²) in [5, 5.41) is 16.8. The Kier molecular flexibility index (Phi) is 10.0. The van der Waals surface area contributed by atoms with Crippen LogP contribution in [0.1, 0.15) is 87.5 Å². The van der Waals surface area contributed by atoms with E-state index in [1.807, 2.05) is 40.1 Å². The maximum atomic E-state index is 12.6. The predicted molar refractivity (Wildman–Crippen MR) is 175 cm³/mol. The highest BCUT2D eigenvalue weighted by molar-refractivity contribution is 7.19. The van der Waals surface area contributed by atoms with Crippen molar-refractivity contribution >= 4 is 35.7 Å². The van der Waals surface area contributed by atoms with Gasteiger partial charge in [0.15, 0.2) is 0 Å². The lowest BCUT2D eigenvalue weighted by atomic mass is 9.92. The van der Waals surface area contributed by atoms with Crippen LogP contribution in [0.2, 0.25) is 25.7 Å². The van der Waals surface area contributed by atoms with Crippen LogP contribution in [0.5, 0.6) is 5.88 Å². The molecule has 1 fully saturated rings. The van der Waals surface area contributed by atoms with E-state index in [1.54, 1.807) is 27.2 Å². The number of nitrogens with zero attached hydrogens (tertiary/aromatic N) is 5. The van der Waals surface area contributed by atoms with E-state index in [2.05, 4.69) is 34.7 Å². The molecule has 1 amide bonds. The molecule has 1 N–H and O–H groups in total. The molecule has 3 heterocycles. The van der Waals surface area contributed by atoms with Crippen LogP contribution in [-0.2, 0) is 22.6 Å². The highest BCUT2D eigenvalue weighted by atomic mass is 32.1. The zero-order chi connectivity index (χ0) is 31.6. The Morgan fingerprint density at radius 3 is 2.64 bits per heavy atom. The Morgan fingerprint density at radius 1 is 1.18 bits per heavy atom. The van der Waals surface area contributed by atoms with Gasteiger partial charge < -0.3 is 24.2 Å². The van der Waals surface area contributed by atoms with Gasteiger partial charge in [-0.25, -0.2) is 19.4 Å². The third-order valence-electron chi connectivity index (χ3n) is 8.58. The fraction of sp³-hybridized carbons (Fsp3) is 0.688. The zero-order valence-electron chi connectivity index (χ0n) is 27.3. The average Bonchev–Trinajstić information content (AvgIpc) is 3.66. The lowest BCUT2D eigenvalue weighted by Gasteiger charge is -2.35. The summed E-state index contributed by atoms with van der Waals surface area (Å²) in [6.07, 6.45) is 8.44. The van der Waals surface area contributed by atoms with Crippen LogP contribution in [0.25, 0.3) is 10.2 Å². The Morgan fingerprint density at radius 2 is 1.93 bits per heavy atom. The Labute approximate surface area is 266 Å². The lowest BCUT2D eigenvalue weighted by molar-refractivity contribution is 0.0137. The number of thiophene rings is 1. The van der Waals surface area contributed by atoms with Crippen molar-refractivity contribution in [3.05, 3.63) is 34.7 Å². The topological polar surface area (TPSA) is 112 Å². The number of ether oxygens (including phenoxy) is 3. The van der Waals surface area contributed by atoms with Gasteiger partial charge in [-0.3, -0.25) is 0 Å².